The molecule has 0 bridgehead atoms. The number of likely N-dealkylation sites (tertiary alicyclic amines) is 1. The largest absolute Gasteiger partial charge is 0.454 e. The SMILES string of the molecule is Cc1cc2c(cc1CN1CCCC3(CCc4cnc(N(C)C)nc43)C1)OCO2. The van der Waals surface area contributed by atoms with Crippen LogP contribution < -0.4 is 14.4 Å². The first-order valence-corrected chi connectivity index (χ1v) is 10.2. The van der Waals surface area contributed by atoms with Crippen LogP contribution in [-0.2, 0) is 18.4 Å². The van der Waals surface area contributed by atoms with Crippen molar-refractivity contribution in [3.63, 3.8) is 0 Å². The first kappa shape index (κ1) is 17.7. The van der Waals surface area contributed by atoms with E-state index in [1.54, 1.807) is 0 Å². The van der Waals surface area contributed by atoms with Gasteiger partial charge in [-0.25, -0.2) is 9.97 Å². The molecule has 1 aromatic heterocycles. The molecule has 0 saturated carbocycles. The zero-order chi connectivity index (χ0) is 19.3. The van der Waals surface area contributed by atoms with Gasteiger partial charge in [0.15, 0.2) is 11.5 Å². The highest BCUT2D eigenvalue weighted by molar-refractivity contribution is 5.48. The number of hydrogen-bond acceptors (Lipinski definition) is 6. The zero-order valence-electron chi connectivity index (χ0n) is 17.0. The van der Waals surface area contributed by atoms with Gasteiger partial charge in [0.25, 0.3) is 0 Å². The molecule has 28 heavy (non-hydrogen) atoms. The van der Waals surface area contributed by atoms with Gasteiger partial charge in [0.2, 0.25) is 12.7 Å². The van der Waals surface area contributed by atoms with Crippen molar-refractivity contribution in [3.8, 4) is 11.5 Å². The molecule has 1 saturated heterocycles. The quantitative estimate of drug-likeness (QED) is 0.816. The van der Waals surface area contributed by atoms with Crippen molar-refractivity contribution in [3.05, 3.63) is 40.7 Å². The molecule has 1 spiro atoms. The van der Waals surface area contributed by atoms with E-state index in [1.807, 2.05) is 25.2 Å². The lowest BCUT2D eigenvalue weighted by atomic mass is 9.77. The molecule has 1 atom stereocenters. The van der Waals surface area contributed by atoms with E-state index >= 15 is 0 Å². The normalized spacial score (nSPS) is 23.2. The third kappa shape index (κ3) is 2.91. The van der Waals surface area contributed by atoms with Gasteiger partial charge in [-0.05, 0) is 68.0 Å². The van der Waals surface area contributed by atoms with Gasteiger partial charge in [-0.15, -0.1) is 0 Å². The van der Waals surface area contributed by atoms with E-state index in [1.165, 1.54) is 41.6 Å². The molecular weight excluding hydrogens is 352 g/mol. The van der Waals surface area contributed by atoms with Crippen LogP contribution in [0.5, 0.6) is 11.5 Å². The lowest BCUT2D eigenvalue weighted by Crippen LogP contribution is -2.45. The highest BCUT2D eigenvalue weighted by Crippen LogP contribution is 2.45. The van der Waals surface area contributed by atoms with Gasteiger partial charge in [-0.2, -0.15) is 0 Å². The Balaban J connectivity index is 1.40. The van der Waals surface area contributed by atoms with E-state index in [0.717, 1.165) is 43.5 Å². The summed E-state index contributed by atoms with van der Waals surface area (Å²) in [4.78, 5) is 14.1. The fourth-order valence-corrected chi connectivity index (χ4v) is 5.00. The maximum Gasteiger partial charge on any atom is 0.231 e. The molecule has 2 aliphatic heterocycles. The molecule has 1 fully saturated rings. The molecule has 6 heteroatoms. The summed E-state index contributed by atoms with van der Waals surface area (Å²) in [5, 5.41) is 0. The number of piperidine rings is 1. The molecule has 148 valence electrons. The summed E-state index contributed by atoms with van der Waals surface area (Å²) in [7, 11) is 4.03. The number of nitrogens with zero attached hydrogens (tertiary/aromatic N) is 4. The molecule has 0 N–H and O–H groups in total. The van der Waals surface area contributed by atoms with Crippen LogP contribution in [0.4, 0.5) is 5.95 Å². The van der Waals surface area contributed by atoms with Gasteiger partial charge < -0.3 is 14.4 Å². The van der Waals surface area contributed by atoms with E-state index in [0.29, 0.717) is 6.79 Å². The Hall–Kier alpha value is -2.34. The molecule has 5 rings (SSSR count). The van der Waals surface area contributed by atoms with Crippen molar-refractivity contribution >= 4 is 5.95 Å². The second-order valence-electron chi connectivity index (χ2n) is 8.66. The van der Waals surface area contributed by atoms with Crippen LogP contribution in [-0.4, -0.2) is 48.8 Å². The van der Waals surface area contributed by atoms with Gasteiger partial charge in [0, 0.05) is 38.8 Å². The molecule has 0 amide bonds. The summed E-state index contributed by atoms with van der Waals surface area (Å²) in [6, 6.07) is 4.27. The smallest absolute Gasteiger partial charge is 0.231 e. The molecule has 1 unspecified atom stereocenters. The lowest BCUT2D eigenvalue weighted by molar-refractivity contribution is 0.136. The average molecular weight is 380 g/mol. The molecule has 1 aromatic carbocycles. The van der Waals surface area contributed by atoms with E-state index < -0.39 is 0 Å². The Morgan fingerprint density at radius 3 is 2.82 bits per heavy atom. The lowest BCUT2D eigenvalue weighted by Gasteiger charge is -2.41. The maximum atomic E-state index is 5.60. The van der Waals surface area contributed by atoms with Crippen molar-refractivity contribution in [1.82, 2.24) is 14.9 Å². The molecule has 0 radical (unpaired) electrons. The van der Waals surface area contributed by atoms with Crippen LogP contribution >= 0.6 is 0 Å². The summed E-state index contributed by atoms with van der Waals surface area (Å²) >= 11 is 0. The predicted molar refractivity (Wildman–Crippen MR) is 108 cm³/mol. The number of ether oxygens (including phenoxy) is 2. The minimum absolute atomic E-state index is 0.172. The monoisotopic (exact) mass is 380 g/mol. The molecule has 3 aliphatic rings. The number of anilines is 1. The fraction of sp³-hybridized carbons (Fsp3) is 0.545. The Bertz CT molecular complexity index is 910. The summed E-state index contributed by atoms with van der Waals surface area (Å²) in [5.74, 6) is 2.57. The maximum absolute atomic E-state index is 5.60. The van der Waals surface area contributed by atoms with Crippen molar-refractivity contribution in [2.24, 2.45) is 0 Å². The fourth-order valence-electron chi connectivity index (χ4n) is 5.00. The Kier molecular flexibility index (Phi) is 4.19. The number of rotatable bonds is 3. The van der Waals surface area contributed by atoms with Crippen molar-refractivity contribution in [1.29, 1.82) is 0 Å². The molecule has 3 heterocycles. The van der Waals surface area contributed by atoms with E-state index in [2.05, 4.69) is 28.9 Å². The molecule has 1 aliphatic carbocycles. The second-order valence-corrected chi connectivity index (χ2v) is 8.66. The van der Waals surface area contributed by atoms with E-state index in [9.17, 15) is 0 Å². The number of hydrogen-bond donors (Lipinski definition) is 0. The van der Waals surface area contributed by atoms with E-state index in [-0.39, 0.29) is 5.41 Å². The van der Waals surface area contributed by atoms with Crippen LogP contribution in [0.25, 0.3) is 0 Å². The summed E-state index contributed by atoms with van der Waals surface area (Å²) in [6.07, 6.45) is 6.77. The predicted octanol–water partition coefficient (Wildman–Crippen LogP) is 3.06. The van der Waals surface area contributed by atoms with Gasteiger partial charge in [-0.1, -0.05) is 0 Å². The summed E-state index contributed by atoms with van der Waals surface area (Å²) < 4.78 is 11.1. The Labute approximate surface area is 166 Å². The highest BCUT2D eigenvalue weighted by atomic mass is 16.7. The zero-order valence-corrected chi connectivity index (χ0v) is 17.0. The van der Waals surface area contributed by atoms with Gasteiger partial charge >= 0.3 is 0 Å². The van der Waals surface area contributed by atoms with Gasteiger partial charge in [-0.3, -0.25) is 4.90 Å². The van der Waals surface area contributed by atoms with Crippen LogP contribution in [0.3, 0.4) is 0 Å². The summed E-state index contributed by atoms with van der Waals surface area (Å²) in [5.41, 5.74) is 5.40. The van der Waals surface area contributed by atoms with Crippen LogP contribution in [0.2, 0.25) is 0 Å². The minimum atomic E-state index is 0.172. The first-order valence-electron chi connectivity index (χ1n) is 10.2. The average Bonchev–Trinajstić information content (AvgIpc) is 3.27. The molecule has 2 aromatic rings. The summed E-state index contributed by atoms with van der Waals surface area (Å²) in [6.45, 7) is 5.65. The first-order chi connectivity index (χ1) is 13.5. The van der Waals surface area contributed by atoms with Gasteiger partial charge in [0.1, 0.15) is 0 Å². The van der Waals surface area contributed by atoms with Crippen molar-refractivity contribution in [2.45, 2.75) is 44.6 Å². The molecular formula is C22H28N4O2. The number of fused-ring (bicyclic) bond motifs is 3. The van der Waals surface area contributed by atoms with Crippen molar-refractivity contribution in [2.75, 3.05) is 38.9 Å². The number of benzene rings is 1. The van der Waals surface area contributed by atoms with E-state index in [4.69, 9.17) is 14.5 Å². The Morgan fingerprint density at radius 1 is 1.18 bits per heavy atom. The third-order valence-electron chi connectivity index (χ3n) is 6.51. The third-order valence-corrected chi connectivity index (χ3v) is 6.51. The number of aromatic nitrogens is 2. The van der Waals surface area contributed by atoms with Crippen LogP contribution in [0, 0.1) is 6.92 Å². The van der Waals surface area contributed by atoms with Crippen molar-refractivity contribution < 1.29 is 9.47 Å². The standard InChI is InChI=1S/C22H28N4O2/c1-15-9-18-19(28-14-27-18)10-17(15)12-26-8-4-6-22(13-26)7-5-16-11-23-21(25(2)3)24-20(16)22/h9-11H,4-8,12-14H2,1-3H3. The second kappa shape index (κ2) is 6.62. The van der Waals surface area contributed by atoms with Crippen LogP contribution in [0.1, 0.15) is 41.6 Å². The number of aryl methyl sites for hydroxylation is 2. The van der Waals surface area contributed by atoms with Gasteiger partial charge in [0.05, 0.1) is 5.69 Å². The minimum Gasteiger partial charge on any atom is -0.454 e. The highest BCUT2D eigenvalue weighted by Gasteiger charge is 2.43. The topological polar surface area (TPSA) is 50.7 Å². The molecule has 6 nitrogen and oxygen atoms in total. The van der Waals surface area contributed by atoms with Crippen LogP contribution in [0.15, 0.2) is 18.3 Å². The Morgan fingerprint density at radius 2 is 2.00 bits per heavy atom.